The summed E-state index contributed by atoms with van der Waals surface area (Å²) < 4.78 is 10.6. The fourth-order valence-electron chi connectivity index (χ4n) is 2.80. The predicted molar refractivity (Wildman–Crippen MR) is 107 cm³/mol. The topological polar surface area (TPSA) is 97.0 Å². The molecule has 0 aliphatic carbocycles. The molecule has 8 heteroatoms. The van der Waals surface area contributed by atoms with E-state index in [4.69, 9.17) is 9.47 Å². The van der Waals surface area contributed by atoms with Gasteiger partial charge in [0.25, 0.3) is 0 Å². The minimum absolute atomic E-state index is 0.111. The first kappa shape index (κ1) is 24.2. The van der Waals surface area contributed by atoms with E-state index in [2.05, 4.69) is 15.5 Å². The highest BCUT2D eigenvalue weighted by Crippen LogP contribution is 2.12. The van der Waals surface area contributed by atoms with E-state index in [0.29, 0.717) is 6.54 Å². The molecule has 1 fully saturated rings. The molecule has 162 valence electrons. The molecular formula is C20H37N3O5. The molecular weight excluding hydrogens is 362 g/mol. The van der Waals surface area contributed by atoms with Crippen LogP contribution in [0.3, 0.4) is 0 Å². The van der Waals surface area contributed by atoms with Gasteiger partial charge in [-0.05, 0) is 73.9 Å². The van der Waals surface area contributed by atoms with E-state index >= 15 is 0 Å². The van der Waals surface area contributed by atoms with Gasteiger partial charge in [-0.15, -0.1) is 0 Å². The van der Waals surface area contributed by atoms with Crippen LogP contribution in [0.1, 0.15) is 67.2 Å². The maximum atomic E-state index is 12.4. The van der Waals surface area contributed by atoms with Crippen LogP contribution in [0, 0.1) is 0 Å². The lowest BCUT2D eigenvalue weighted by Gasteiger charge is -2.26. The van der Waals surface area contributed by atoms with Crippen LogP contribution in [0.2, 0.25) is 0 Å². The molecule has 0 aromatic heterocycles. The van der Waals surface area contributed by atoms with E-state index < -0.39 is 29.3 Å². The first-order valence-corrected chi connectivity index (χ1v) is 10.1. The molecule has 1 aliphatic rings. The number of ether oxygens (including phenoxy) is 2. The molecule has 0 saturated carbocycles. The number of rotatable bonds is 8. The number of carbonyl (C=O) groups excluding carboxylic acids is 3. The van der Waals surface area contributed by atoms with Crippen molar-refractivity contribution in [3.63, 3.8) is 0 Å². The smallest absolute Gasteiger partial charge is 0.408 e. The van der Waals surface area contributed by atoms with Gasteiger partial charge in [0, 0.05) is 19.5 Å². The molecule has 1 heterocycles. The van der Waals surface area contributed by atoms with Crippen LogP contribution >= 0.6 is 0 Å². The summed E-state index contributed by atoms with van der Waals surface area (Å²) >= 11 is 0. The van der Waals surface area contributed by atoms with Crippen molar-refractivity contribution in [3.8, 4) is 0 Å². The number of likely N-dealkylation sites (tertiary alicyclic amines) is 1. The SMILES string of the molecule is CC(C)(C)OC(=O)N[C@@H](CCC(=O)NCCN1CCCC1)C(=O)OC(C)(C)C. The predicted octanol–water partition coefficient (Wildman–Crippen LogP) is 2.21. The molecule has 1 saturated heterocycles. The van der Waals surface area contributed by atoms with E-state index in [0.717, 1.165) is 19.6 Å². The number of esters is 1. The van der Waals surface area contributed by atoms with Gasteiger partial charge in [-0.25, -0.2) is 9.59 Å². The summed E-state index contributed by atoms with van der Waals surface area (Å²) in [6.45, 7) is 14.0. The first-order chi connectivity index (χ1) is 12.9. The Kier molecular flexibility index (Phi) is 9.20. The Morgan fingerprint density at radius 2 is 1.54 bits per heavy atom. The van der Waals surface area contributed by atoms with Crippen LogP contribution in [0.5, 0.6) is 0 Å². The molecule has 0 bridgehead atoms. The van der Waals surface area contributed by atoms with Crippen LogP contribution < -0.4 is 10.6 Å². The number of carbonyl (C=O) groups is 3. The summed E-state index contributed by atoms with van der Waals surface area (Å²) in [5.74, 6) is -0.734. The lowest BCUT2D eigenvalue weighted by Crippen LogP contribution is -2.46. The number of nitrogens with zero attached hydrogens (tertiary/aromatic N) is 1. The third kappa shape index (κ3) is 11.1. The second-order valence-corrected chi connectivity index (χ2v) is 9.17. The van der Waals surface area contributed by atoms with Crippen molar-refractivity contribution in [2.75, 3.05) is 26.2 Å². The van der Waals surface area contributed by atoms with E-state index in [9.17, 15) is 14.4 Å². The Bertz CT molecular complexity index is 531. The van der Waals surface area contributed by atoms with Gasteiger partial charge in [-0.2, -0.15) is 0 Å². The van der Waals surface area contributed by atoms with Gasteiger partial charge in [0.1, 0.15) is 17.2 Å². The van der Waals surface area contributed by atoms with Crippen molar-refractivity contribution in [1.29, 1.82) is 0 Å². The van der Waals surface area contributed by atoms with Crippen LogP contribution in [-0.2, 0) is 19.1 Å². The average Bonchev–Trinajstić information content (AvgIpc) is 3.01. The second-order valence-electron chi connectivity index (χ2n) is 9.17. The van der Waals surface area contributed by atoms with Gasteiger partial charge >= 0.3 is 12.1 Å². The van der Waals surface area contributed by atoms with Crippen molar-refractivity contribution >= 4 is 18.0 Å². The van der Waals surface area contributed by atoms with Crippen molar-refractivity contribution < 1.29 is 23.9 Å². The zero-order valence-electron chi connectivity index (χ0n) is 18.2. The zero-order valence-corrected chi connectivity index (χ0v) is 18.2. The molecule has 1 atom stereocenters. The Morgan fingerprint density at radius 3 is 2.07 bits per heavy atom. The molecule has 28 heavy (non-hydrogen) atoms. The summed E-state index contributed by atoms with van der Waals surface area (Å²) in [6, 6.07) is -0.946. The Balaban J connectivity index is 2.51. The summed E-state index contributed by atoms with van der Waals surface area (Å²) in [7, 11) is 0. The van der Waals surface area contributed by atoms with Crippen molar-refractivity contribution in [2.45, 2.75) is 84.5 Å². The highest BCUT2D eigenvalue weighted by atomic mass is 16.6. The molecule has 2 N–H and O–H groups in total. The molecule has 0 spiro atoms. The first-order valence-electron chi connectivity index (χ1n) is 10.1. The third-order valence-electron chi connectivity index (χ3n) is 3.99. The molecule has 0 radical (unpaired) electrons. The minimum Gasteiger partial charge on any atom is -0.458 e. The van der Waals surface area contributed by atoms with E-state index in [-0.39, 0.29) is 18.7 Å². The Labute approximate surface area is 168 Å². The fraction of sp³-hybridized carbons (Fsp3) is 0.850. The standard InChI is InChI=1S/C20H37N3O5/c1-19(2,3)27-17(25)15(22-18(26)28-20(4,5)6)9-10-16(24)21-11-14-23-12-7-8-13-23/h15H,7-14H2,1-6H3,(H,21,24)(H,22,26)/t15-/m0/s1. The highest BCUT2D eigenvalue weighted by molar-refractivity contribution is 5.83. The minimum atomic E-state index is -0.946. The molecule has 0 aromatic rings. The number of amides is 2. The van der Waals surface area contributed by atoms with Crippen molar-refractivity contribution in [1.82, 2.24) is 15.5 Å². The van der Waals surface area contributed by atoms with Gasteiger partial charge in [0.05, 0.1) is 0 Å². The molecule has 8 nitrogen and oxygen atoms in total. The van der Waals surface area contributed by atoms with Crippen LogP contribution in [0.25, 0.3) is 0 Å². The molecule has 1 aliphatic heterocycles. The van der Waals surface area contributed by atoms with Crippen LogP contribution in [-0.4, -0.2) is 66.3 Å². The van der Waals surface area contributed by atoms with Crippen LogP contribution in [0.4, 0.5) is 4.79 Å². The number of nitrogens with one attached hydrogen (secondary N) is 2. The average molecular weight is 400 g/mol. The highest BCUT2D eigenvalue weighted by Gasteiger charge is 2.29. The van der Waals surface area contributed by atoms with Crippen molar-refractivity contribution in [2.24, 2.45) is 0 Å². The molecule has 2 amide bonds. The zero-order chi connectivity index (χ0) is 21.4. The lowest BCUT2D eigenvalue weighted by molar-refractivity contribution is -0.157. The van der Waals surface area contributed by atoms with E-state index in [1.54, 1.807) is 41.5 Å². The summed E-state index contributed by atoms with van der Waals surface area (Å²) in [5, 5.41) is 5.40. The quantitative estimate of drug-likeness (QED) is 0.608. The van der Waals surface area contributed by atoms with Crippen molar-refractivity contribution in [3.05, 3.63) is 0 Å². The third-order valence-corrected chi connectivity index (χ3v) is 3.99. The molecule has 0 unspecified atom stereocenters. The number of alkyl carbamates (subject to hydrolysis) is 1. The Morgan fingerprint density at radius 1 is 0.964 bits per heavy atom. The largest absolute Gasteiger partial charge is 0.458 e. The number of hydrogen-bond donors (Lipinski definition) is 2. The maximum Gasteiger partial charge on any atom is 0.408 e. The monoisotopic (exact) mass is 399 g/mol. The lowest BCUT2D eigenvalue weighted by atomic mass is 10.1. The second kappa shape index (κ2) is 10.6. The van der Waals surface area contributed by atoms with Crippen LogP contribution in [0.15, 0.2) is 0 Å². The summed E-state index contributed by atoms with van der Waals surface area (Å²) in [6.07, 6.45) is 1.96. The summed E-state index contributed by atoms with van der Waals surface area (Å²) in [5.41, 5.74) is -1.38. The van der Waals surface area contributed by atoms with Gasteiger partial charge in [-0.3, -0.25) is 4.79 Å². The number of hydrogen-bond acceptors (Lipinski definition) is 6. The molecule has 1 rings (SSSR count). The van der Waals surface area contributed by atoms with Gasteiger partial charge in [0.15, 0.2) is 0 Å². The van der Waals surface area contributed by atoms with E-state index in [1.807, 2.05) is 0 Å². The fourth-order valence-corrected chi connectivity index (χ4v) is 2.80. The summed E-state index contributed by atoms with van der Waals surface area (Å²) in [4.78, 5) is 38.9. The maximum absolute atomic E-state index is 12.4. The Hall–Kier alpha value is -1.83. The van der Waals surface area contributed by atoms with Gasteiger partial charge in [0.2, 0.25) is 5.91 Å². The van der Waals surface area contributed by atoms with Gasteiger partial charge in [-0.1, -0.05) is 0 Å². The van der Waals surface area contributed by atoms with E-state index in [1.165, 1.54) is 12.8 Å². The molecule has 0 aromatic carbocycles. The normalized spacial score (nSPS) is 16.4. The van der Waals surface area contributed by atoms with Gasteiger partial charge < -0.3 is 25.0 Å².